The van der Waals surface area contributed by atoms with Crippen molar-refractivity contribution < 1.29 is 43.5 Å². The number of Topliss-reactive ketones (excluding diaryl/α,β-unsaturated/α-hetero) is 1. The summed E-state index contributed by atoms with van der Waals surface area (Å²) in [4.78, 5) is 37.5. The number of ketones is 1. The van der Waals surface area contributed by atoms with Crippen LogP contribution in [0.15, 0.2) is 115 Å². The molecule has 0 aliphatic carbocycles. The zero-order valence-corrected chi connectivity index (χ0v) is 35.2. The van der Waals surface area contributed by atoms with Gasteiger partial charge in [-0.25, -0.2) is 0 Å². The van der Waals surface area contributed by atoms with E-state index in [2.05, 4.69) is 88.2 Å². The predicted octanol–water partition coefficient (Wildman–Crippen LogP) is 6.28. The van der Waals surface area contributed by atoms with E-state index < -0.39 is 11.8 Å². The van der Waals surface area contributed by atoms with Crippen molar-refractivity contribution in [2.45, 2.75) is 52.0 Å². The lowest BCUT2D eigenvalue weighted by molar-refractivity contribution is -0.152. The van der Waals surface area contributed by atoms with Crippen LogP contribution in [0.5, 0.6) is 0 Å². The summed E-state index contributed by atoms with van der Waals surface area (Å²) in [6.07, 6.45) is 3.78. The fourth-order valence-corrected chi connectivity index (χ4v) is 6.92. The predicted molar refractivity (Wildman–Crippen MR) is 233 cm³/mol. The summed E-state index contributed by atoms with van der Waals surface area (Å²) in [7, 11) is 0. The molecule has 0 spiro atoms. The molecule has 5 rings (SSSR count). The first-order chi connectivity index (χ1) is 29.7. The van der Waals surface area contributed by atoms with Gasteiger partial charge in [-0.3, -0.25) is 14.4 Å². The number of nitrogens with one attached hydrogen (secondary N) is 1. The van der Waals surface area contributed by atoms with Crippen LogP contribution >= 0.6 is 0 Å². The molecule has 0 aliphatic heterocycles. The Balaban J connectivity index is 0.000000276. The molecule has 4 aromatic carbocycles. The molecule has 326 valence electrons. The van der Waals surface area contributed by atoms with Gasteiger partial charge in [0.15, 0.2) is 5.78 Å². The largest absolute Gasteiger partial charge is 0.466 e. The molecule has 1 heterocycles. The lowest BCUT2D eigenvalue weighted by Crippen LogP contribution is -2.33. The number of benzene rings is 4. The Hall–Kier alpha value is -5.57. The van der Waals surface area contributed by atoms with Crippen LogP contribution in [0.1, 0.15) is 54.7 Å². The molecule has 13 nitrogen and oxygen atoms in total. The van der Waals surface area contributed by atoms with Crippen molar-refractivity contribution >= 4 is 17.7 Å². The number of aromatic nitrogens is 3. The van der Waals surface area contributed by atoms with Crippen LogP contribution in [0.2, 0.25) is 0 Å². The molecular weight excluding hydrogens is 777 g/mol. The van der Waals surface area contributed by atoms with Crippen LogP contribution in [0.25, 0.3) is 22.3 Å². The minimum Gasteiger partial charge on any atom is -0.466 e. The van der Waals surface area contributed by atoms with Crippen molar-refractivity contribution in [2.75, 3.05) is 52.9 Å². The number of carbonyl (C=O) groups excluding carboxylic acids is 3. The van der Waals surface area contributed by atoms with Gasteiger partial charge >= 0.3 is 11.9 Å². The molecule has 0 bridgehead atoms. The SMILES string of the molecule is CCOC(=O)[C@H](COCCO)C[C@H](CC(=O)c1cn[nH]n1)Cc1ccc(-c2ccccc2)cc1.CCOC(=O)[C@H](COCCO)C[C@H](N)Cc1ccc(-c2ccccc2)cc1. The van der Waals surface area contributed by atoms with Crippen LogP contribution in [-0.2, 0) is 41.4 Å². The Morgan fingerprint density at radius 3 is 1.54 bits per heavy atom. The third kappa shape index (κ3) is 17.1. The number of hydrogen-bond donors (Lipinski definition) is 4. The molecule has 5 N–H and O–H groups in total. The Morgan fingerprint density at radius 1 is 0.639 bits per heavy atom. The third-order valence-electron chi connectivity index (χ3n) is 9.87. The first kappa shape index (κ1) is 48.1. The normalized spacial score (nSPS) is 12.9. The van der Waals surface area contributed by atoms with Gasteiger partial charge < -0.3 is 34.9 Å². The average molecular weight is 837 g/mol. The lowest BCUT2D eigenvalue weighted by atomic mass is 9.85. The highest BCUT2D eigenvalue weighted by Crippen LogP contribution is 2.26. The summed E-state index contributed by atoms with van der Waals surface area (Å²) in [6.45, 7) is 4.59. The summed E-state index contributed by atoms with van der Waals surface area (Å²) >= 11 is 0. The number of carbonyl (C=O) groups is 3. The van der Waals surface area contributed by atoms with Crippen LogP contribution in [-0.4, -0.2) is 102 Å². The summed E-state index contributed by atoms with van der Waals surface area (Å²) in [5.41, 5.74) is 13.3. The topological polar surface area (TPSA) is 196 Å². The van der Waals surface area contributed by atoms with Crippen molar-refractivity contribution in [3.05, 3.63) is 132 Å². The average Bonchev–Trinajstić information content (AvgIpc) is 3.83. The van der Waals surface area contributed by atoms with Crippen molar-refractivity contribution in [1.29, 1.82) is 0 Å². The van der Waals surface area contributed by atoms with Gasteiger partial charge in [0.1, 0.15) is 5.69 Å². The molecule has 0 amide bonds. The van der Waals surface area contributed by atoms with E-state index in [1.807, 2.05) is 36.4 Å². The van der Waals surface area contributed by atoms with Crippen LogP contribution in [0.3, 0.4) is 0 Å². The number of nitrogens with two attached hydrogens (primary N) is 1. The number of rotatable bonds is 25. The van der Waals surface area contributed by atoms with Gasteiger partial charge in [-0.1, -0.05) is 109 Å². The molecule has 61 heavy (non-hydrogen) atoms. The van der Waals surface area contributed by atoms with Crippen molar-refractivity contribution in [3.8, 4) is 22.3 Å². The van der Waals surface area contributed by atoms with Crippen molar-refractivity contribution in [2.24, 2.45) is 23.5 Å². The van der Waals surface area contributed by atoms with Gasteiger partial charge in [0.2, 0.25) is 0 Å². The number of hydrogen-bond acceptors (Lipinski definition) is 12. The molecule has 5 aromatic rings. The summed E-state index contributed by atoms with van der Waals surface area (Å²) in [5, 5.41) is 27.9. The van der Waals surface area contributed by atoms with Gasteiger partial charge in [-0.2, -0.15) is 15.4 Å². The van der Waals surface area contributed by atoms with Crippen LogP contribution in [0, 0.1) is 17.8 Å². The highest BCUT2D eigenvalue weighted by Gasteiger charge is 2.28. The maximum atomic E-state index is 12.8. The smallest absolute Gasteiger partial charge is 0.311 e. The number of H-pyrrole nitrogens is 1. The molecule has 13 heteroatoms. The van der Waals surface area contributed by atoms with Gasteiger partial charge in [0.05, 0.1) is 70.9 Å². The number of aliphatic hydroxyl groups excluding tert-OH is 2. The second kappa shape index (κ2) is 27.3. The van der Waals surface area contributed by atoms with E-state index in [-0.39, 0.29) is 88.0 Å². The van der Waals surface area contributed by atoms with Crippen LogP contribution < -0.4 is 5.73 Å². The highest BCUT2D eigenvalue weighted by atomic mass is 16.5. The standard InChI is InChI=1S/C26H31N3O5.C22H29NO4/c1-2-34-26(32)23(18-33-13-12-30)15-20(16-25(31)24-17-27-29-28-24)14-19-8-10-22(11-9-19)21-6-4-3-5-7-21;1-2-27-22(25)20(16-26-13-12-24)15-21(23)14-17-8-10-19(11-9-17)18-6-4-3-5-7-18/h3-11,17,20,23,30H,2,12-16,18H2,1H3,(H,27,28,29);3-11,20-21,24H,2,12-16,23H2,1H3/t20-,23+;20-,21+/m10/s1. The van der Waals surface area contributed by atoms with Crippen molar-refractivity contribution in [1.82, 2.24) is 15.4 Å². The Bertz CT molecular complexity index is 1960. The first-order valence-electron chi connectivity index (χ1n) is 20.9. The van der Waals surface area contributed by atoms with E-state index >= 15 is 0 Å². The molecular formula is C48H60N4O9. The number of esters is 2. The van der Waals surface area contributed by atoms with E-state index in [9.17, 15) is 14.4 Å². The molecule has 1 aromatic heterocycles. The number of ether oxygens (including phenoxy) is 4. The molecule has 0 radical (unpaired) electrons. The summed E-state index contributed by atoms with van der Waals surface area (Å²) < 4.78 is 21.1. The number of nitrogens with zero attached hydrogens (tertiary/aromatic N) is 2. The zero-order valence-electron chi connectivity index (χ0n) is 35.2. The Labute approximate surface area is 358 Å². The van der Waals surface area contributed by atoms with Crippen molar-refractivity contribution in [3.63, 3.8) is 0 Å². The Morgan fingerprint density at radius 2 is 1.10 bits per heavy atom. The molecule has 0 fully saturated rings. The lowest BCUT2D eigenvalue weighted by Gasteiger charge is -2.22. The maximum absolute atomic E-state index is 12.8. The zero-order chi connectivity index (χ0) is 43.7. The minimum absolute atomic E-state index is 0.0740. The summed E-state index contributed by atoms with van der Waals surface area (Å²) in [6, 6.07) is 36.7. The minimum atomic E-state index is -0.537. The van der Waals surface area contributed by atoms with E-state index in [1.54, 1.807) is 13.8 Å². The quantitative estimate of drug-likeness (QED) is 0.0292. The van der Waals surface area contributed by atoms with E-state index in [0.717, 1.165) is 27.8 Å². The molecule has 0 saturated carbocycles. The second-order valence-corrected chi connectivity index (χ2v) is 14.6. The molecule has 0 unspecified atom stereocenters. The molecule has 4 atom stereocenters. The van der Waals surface area contributed by atoms with Gasteiger partial charge in [-0.15, -0.1) is 0 Å². The highest BCUT2D eigenvalue weighted by molar-refractivity contribution is 5.94. The molecule has 0 saturated heterocycles. The van der Waals surface area contributed by atoms with Gasteiger partial charge in [0.25, 0.3) is 0 Å². The third-order valence-corrected chi connectivity index (χ3v) is 9.87. The van der Waals surface area contributed by atoms with Gasteiger partial charge in [-0.05, 0) is 78.8 Å². The molecule has 0 aliphatic rings. The van der Waals surface area contributed by atoms with E-state index in [1.165, 1.54) is 11.8 Å². The first-order valence-corrected chi connectivity index (χ1v) is 20.9. The number of aliphatic hydroxyl groups is 2. The maximum Gasteiger partial charge on any atom is 0.311 e. The summed E-state index contributed by atoms with van der Waals surface area (Å²) in [5.74, 6) is -1.90. The monoisotopic (exact) mass is 836 g/mol. The fraction of sp³-hybridized carbons (Fsp3) is 0.396. The fourth-order valence-electron chi connectivity index (χ4n) is 6.92. The number of aromatic amines is 1. The van der Waals surface area contributed by atoms with E-state index in [4.69, 9.17) is 34.9 Å². The second-order valence-electron chi connectivity index (χ2n) is 14.6. The van der Waals surface area contributed by atoms with Gasteiger partial charge in [0, 0.05) is 12.5 Å². The Kier molecular flexibility index (Phi) is 21.5. The van der Waals surface area contributed by atoms with Crippen LogP contribution in [0.4, 0.5) is 0 Å². The van der Waals surface area contributed by atoms with E-state index in [0.29, 0.717) is 32.3 Å².